The molecule has 0 saturated heterocycles. The van der Waals surface area contributed by atoms with E-state index < -0.39 is 0 Å². The van der Waals surface area contributed by atoms with Crippen LogP contribution < -0.4 is 5.32 Å². The van der Waals surface area contributed by atoms with E-state index in [0.29, 0.717) is 11.6 Å². The van der Waals surface area contributed by atoms with Crippen LogP contribution in [0.15, 0.2) is 24.3 Å². The summed E-state index contributed by atoms with van der Waals surface area (Å²) >= 11 is 7.63. The van der Waals surface area contributed by atoms with Crippen molar-refractivity contribution in [1.82, 2.24) is 5.32 Å². The predicted molar refractivity (Wildman–Crippen MR) is 83.7 cm³/mol. The third-order valence-corrected chi connectivity index (χ3v) is 5.15. The molecule has 3 rings (SSSR count). The summed E-state index contributed by atoms with van der Waals surface area (Å²) < 4.78 is 0. The molecule has 1 amide bonds. The van der Waals surface area contributed by atoms with E-state index in [-0.39, 0.29) is 5.91 Å². The second-order valence-corrected chi connectivity index (χ2v) is 6.84. The molecule has 20 heavy (non-hydrogen) atoms. The van der Waals surface area contributed by atoms with Crippen LogP contribution in [0.1, 0.15) is 37.7 Å². The smallest absolute Gasteiger partial charge is 0.252 e. The highest BCUT2D eigenvalue weighted by Gasteiger charge is 2.24. The molecule has 0 unspecified atom stereocenters. The molecule has 0 fully saturated rings. The summed E-state index contributed by atoms with van der Waals surface area (Å²) in [6, 6.07) is 7.56. The minimum Gasteiger partial charge on any atom is -0.348 e. The molecule has 2 aromatic rings. The molecule has 0 radical (unpaired) electrons. The van der Waals surface area contributed by atoms with Crippen LogP contribution in [0.2, 0.25) is 5.02 Å². The first-order valence-corrected chi connectivity index (χ1v) is 7.98. The molecule has 2 nitrogen and oxygen atoms in total. The van der Waals surface area contributed by atoms with Gasteiger partial charge in [-0.05, 0) is 49.4 Å². The second kappa shape index (κ2) is 5.58. The maximum atomic E-state index is 12.4. The maximum Gasteiger partial charge on any atom is 0.252 e. The summed E-state index contributed by atoms with van der Waals surface area (Å²) in [4.78, 5) is 14.9. The third kappa shape index (κ3) is 2.60. The fourth-order valence-electron chi connectivity index (χ4n) is 2.71. The van der Waals surface area contributed by atoms with E-state index in [1.807, 2.05) is 31.2 Å². The zero-order valence-electron chi connectivity index (χ0n) is 11.3. The Hall–Kier alpha value is -1.32. The van der Waals surface area contributed by atoms with Gasteiger partial charge in [0.15, 0.2) is 0 Å². The molecule has 0 spiro atoms. The highest BCUT2D eigenvalue weighted by molar-refractivity contribution is 7.12. The molecular weight excluding hydrogens is 290 g/mol. The first kappa shape index (κ1) is 13.7. The predicted octanol–water partition coefficient (Wildman–Crippen LogP) is 4.13. The average molecular weight is 306 g/mol. The van der Waals surface area contributed by atoms with Gasteiger partial charge in [-0.3, -0.25) is 4.79 Å². The van der Waals surface area contributed by atoms with E-state index in [1.54, 1.807) is 11.3 Å². The number of rotatable bonds is 3. The van der Waals surface area contributed by atoms with Crippen molar-refractivity contribution in [3.8, 4) is 0 Å². The number of aryl methyl sites for hydroxylation is 2. The van der Waals surface area contributed by atoms with Crippen LogP contribution in [0.5, 0.6) is 0 Å². The molecule has 1 heterocycles. The van der Waals surface area contributed by atoms with E-state index >= 15 is 0 Å². The van der Waals surface area contributed by atoms with Gasteiger partial charge in [0.05, 0.1) is 5.56 Å². The van der Waals surface area contributed by atoms with Crippen molar-refractivity contribution in [2.45, 2.75) is 32.7 Å². The molecule has 4 heteroatoms. The first-order chi connectivity index (χ1) is 9.65. The number of benzene rings is 1. The molecule has 0 bridgehead atoms. The molecule has 0 aliphatic heterocycles. The maximum absolute atomic E-state index is 12.4. The lowest BCUT2D eigenvalue weighted by atomic mass is 10.1. The number of carbonyl (C=O) groups excluding carboxylic acids is 1. The Labute approximate surface area is 127 Å². The van der Waals surface area contributed by atoms with E-state index in [9.17, 15) is 4.79 Å². The lowest BCUT2D eigenvalue weighted by Crippen LogP contribution is -2.23. The van der Waals surface area contributed by atoms with Crippen LogP contribution in [0.3, 0.4) is 0 Å². The molecule has 1 aliphatic carbocycles. The fourth-order valence-corrected chi connectivity index (χ4v) is 4.10. The van der Waals surface area contributed by atoms with Crippen molar-refractivity contribution in [3.63, 3.8) is 0 Å². The number of hydrogen-bond acceptors (Lipinski definition) is 2. The van der Waals surface area contributed by atoms with Gasteiger partial charge in [-0.1, -0.05) is 23.7 Å². The summed E-state index contributed by atoms with van der Waals surface area (Å²) in [5, 5.41) is 3.73. The Bertz CT molecular complexity index is 645. The molecule has 1 N–H and O–H groups in total. The normalized spacial score (nSPS) is 13.3. The molecule has 104 valence electrons. The molecule has 1 aromatic heterocycles. The Morgan fingerprint density at radius 2 is 2.05 bits per heavy atom. The number of nitrogens with one attached hydrogen (secondary N) is 1. The summed E-state index contributed by atoms with van der Waals surface area (Å²) in [7, 11) is 0. The average Bonchev–Trinajstić information content (AvgIpc) is 2.97. The minimum absolute atomic E-state index is 0.0526. The standard InChI is InChI=1S/C16H16ClNOS/c1-10-15(13-3-2-4-14(13)20-10)16(19)18-9-11-5-7-12(17)8-6-11/h5-8H,2-4,9H2,1H3,(H,18,19). The van der Waals surface area contributed by atoms with E-state index in [0.717, 1.165) is 28.8 Å². The van der Waals surface area contributed by atoms with Crippen LogP contribution in [0.4, 0.5) is 0 Å². The van der Waals surface area contributed by atoms with Crippen LogP contribution in [0.25, 0.3) is 0 Å². The summed E-state index contributed by atoms with van der Waals surface area (Å²) in [6.45, 7) is 2.58. The molecule has 1 aromatic carbocycles. The van der Waals surface area contributed by atoms with Crippen LogP contribution in [-0.4, -0.2) is 5.91 Å². The van der Waals surface area contributed by atoms with E-state index in [1.165, 1.54) is 16.9 Å². The van der Waals surface area contributed by atoms with Gasteiger partial charge in [-0.15, -0.1) is 11.3 Å². The molecule has 0 saturated carbocycles. The zero-order valence-corrected chi connectivity index (χ0v) is 12.9. The van der Waals surface area contributed by atoms with E-state index in [2.05, 4.69) is 5.32 Å². The van der Waals surface area contributed by atoms with Crippen molar-refractivity contribution in [2.24, 2.45) is 0 Å². The monoisotopic (exact) mass is 305 g/mol. The number of hydrogen-bond donors (Lipinski definition) is 1. The fraction of sp³-hybridized carbons (Fsp3) is 0.312. The van der Waals surface area contributed by atoms with Crippen molar-refractivity contribution >= 4 is 28.8 Å². The van der Waals surface area contributed by atoms with Gasteiger partial charge < -0.3 is 5.32 Å². The molecule has 0 atom stereocenters. The lowest BCUT2D eigenvalue weighted by molar-refractivity contribution is 0.0950. The number of halogens is 1. The number of carbonyl (C=O) groups is 1. The Morgan fingerprint density at radius 1 is 1.30 bits per heavy atom. The van der Waals surface area contributed by atoms with Crippen LogP contribution in [-0.2, 0) is 19.4 Å². The zero-order chi connectivity index (χ0) is 14.1. The van der Waals surface area contributed by atoms with Gasteiger partial charge in [0.2, 0.25) is 0 Å². The SMILES string of the molecule is Cc1sc2c(c1C(=O)NCc1ccc(Cl)cc1)CCC2. The largest absolute Gasteiger partial charge is 0.348 e. The quantitative estimate of drug-likeness (QED) is 0.907. The Balaban J connectivity index is 1.72. The van der Waals surface area contributed by atoms with Crippen molar-refractivity contribution in [3.05, 3.63) is 55.7 Å². The van der Waals surface area contributed by atoms with Crippen molar-refractivity contribution in [2.75, 3.05) is 0 Å². The Kier molecular flexibility index (Phi) is 3.81. The highest BCUT2D eigenvalue weighted by Crippen LogP contribution is 2.34. The van der Waals surface area contributed by atoms with Gasteiger partial charge in [-0.25, -0.2) is 0 Å². The van der Waals surface area contributed by atoms with Gasteiger partial charge in [-0.2, -0.15) is 0 Å². The van der Waals surface area contributed by atoms with Gasteiger partial charge in [0, 0.05) is 21.3 Å². The van der Waals surface area contributed by atoms with Gasteiger partial charge in [0.25, 0.3) is 5.91 Å². The topological polar surface area (TPSA) is 29.1 Å². The van der Waals surface area contributed by atoms with Crippen LogP contribution >= 0.6 is 22.9 Å². The van der Waals surface area contributed by atoms with Gasteiger partial charge in [0.1, 0.15) is 0 Å². The summed E-state index contributed by atoms with van der Waals surface area (Å²) in [5.74, 6) is 0.0526. The minimum atomic E-state index is 0.0526. The number of thiophene rings is 1. The molecular formula is C16H16ClNOS. The summed E-state index contributed by atoms with van der Waals surface area (Å²) in [5.41, 5.74) is 3.25. The lowest BCUT2D eigenvalue weighted by Gasteiger charge is -2.07. The Morgan fingerprint density at radius 3 is 2.80 bits per heavy atom. The van der Waals surface area contributed by atoms with Gasteiger partial charge >= 0.3 is 0 Å². The first-order valence-electron chi connectivity index (χ1n) is 6.79. The molecule has 1 aliphatic rings. The number of amides is 1. The third-order valence-electron chi connectivity index (χ3n) is 3.69. The van der Waals surface area contributed by atoms with Crippen molar-refractivity contribution in [1.29, 1.82) is 0 Å². The summed E-state index contributed by atoms with van der Waals surface area (Å²) in [6.07, 6.45) is 3.35. The van der Waals surface area contributed by atoms with E-state index in [4.69, 9.17) is 11.6 Å². The highest BCUT2D eigenvalue weighted by atomic mass is 35.5. The van der Waals surface area contributed by atoms with Crippen LogP contribution in [0, 0.1) is 6.92 Å². The number of fused-ring (bicyclic) bond motifs is 1. The second-order valence-electron chi connectivity index (χ2n) is 5.10. The van der Waals surface area contributed by atoms with Crippen molar-refractivity contribution < 1.29 is 4.79 Å².